The quantitative estimate of drug-likeness (QED) is 0.0133. The van der Waals surface area contributed by atoms with Gasteiger partial charge in [-0.25, -0.2) is 25.4 Å². The molecule has 8 aliphatic heterocycles. The monoisotopic (exact) mass is 1560 g/mol. The van der Waals surface area contributed by atoms with Gasteiger partial charge in [0.25, 0.3) is 20.2 Å². The standard InChI is InChI=1S/C77H106N12O14S4/c1-76(2)66-56-64(106(100,101)82(5)36-14-20-72(90)78-58-74(92)80-62-26-22-60(23-27-62)34-40-88-48-42-86(7,43-49-88)44-50-88)30-32-68(66)84(38-16-54-104(94,95)96)70(76)18-12-10-9-11-13-19-71-77(3,4)67-57-65(31-33-69(67)85(71)39-17-55-105(97,98)99)107(102,103)83(6)37-15-21-73(91)79-59-75(93)81-63-28-24-61(25-29-63)35-41-89-51-45-87(8,46-52-89)47-53-89/h9-13,18-19,22-33,56-57H,14-17,20-21,34-55,58-59H2,1-8H3,(H-5,78,79,80,81,90,91,92,93,94,95,96,97,98,99)/p+5. The van der Waals surface area contributed by atoms with Crippen LogP contribution in [0.2, 0.25) is 0 Å². The molecule has 0 spiro atoms. The summed E-state index contributed by atoms with van der Waals surface area (Å²) in [5.41, 5.74) is 6.09. The van der Waals surface area contributed by atoms with Crippen molar-refractivity contribution in [2.24, 2.45) is 0 Å². The molecule has 0 radical (unpaired) electrons. The molecule has 4 bridgehead atoms. The van der Waals surface area contributed by atoms with Crippen LogP contribution in [0.5, 0.6) is 0 Å². The van der Waals surface area contributed by atoms with Crippen LogP contribution in [0.3, 0.4) is 0 Å². The Kier molecular flexibility index (Phi) is 25.7. The minimum absolute atomic E-state index is 0.00782. The first-order valence-corrected chi connectivity index (χ1v) is 43.4. The Hall–Kier alpha value is -7.33. The average Bonchev–Trinajstić information content (AvgIpc) is 1.60. The summed E-state index contributed by atoms with van der Waals surface area (Å²) in [5, 5.41) is 11.0. The van der Waals surface area contributed by atoms with Gasteiger partial charge in [-0.3, -0.25) is 28.3 Å². The molecule has 26 nitrogen and oxygen atoms in total. The van der Waals surface area contributed by atoms with Gasteiger partial charge in [0.1, 0.15) is 85.1 Å². The van der Waals surface area contributed by atoms with Gasteiger partial charge in [-0.05, 0) is 110 Å². The third-order valence-corrected chi connectivity index (χ3v) is 28.5. The van der Waals surface area contributed by atoms with E-state index >= 15 is 0 Å². The number of allylic oxidation sites excluding steroid dienone is 8. The molecule has 6 N–H and O–H groups in total. The van der Waals surface area contributed by atoms with E-state index < -0.39 is 74.4 Å². The second kappa shape index (κ2) is 33.5. The van der Waals surface area contributed by atoms with Crippen molar-refractivity contribution >= 4 is 92.4 Å². The second-order valence-electron chi connectivity index (χ2n) is 31.7. The first-order chi connectivity index (χ1) is 50.3. The van der Waals surface area contributed by atoms with Crippen LogP contribution < -0.4 is 26.2 Å². The SMILES string of the molecule is CN(CCCC(=O)NCC(=O)Nc1ccc(CC[N+]23CC[N+](C)(CC2)CC3)cc1)S(=O)(=O)c1ccc2c(c1)C(C)(C)C(/C=C/C=C/C=C/C=C1/N(CCCS(=O)(=O)O)c3ccc(S(=O)(=O)N(C)CCCC(=O)NCC(=O)Nc4ccc(CC[N+]56CC[N+](C)(CC5)CC6)cc4)cc3C1(C)C)=[N+]2CCCS(=O)(=O)O. The van der Waals surface area contributed by atoms with Crippen molar-refractivity contribution in [1.29, 1.82) is 0 Å². The molecule has 4 aromatic rings. The number of amides is 4. The number of carbonyl (C=O) groups excluding carboxylic acids is 4. The van der Waals surface area contributed by atoms with Gasteiger partial charge < -0.3 is 44.1 Å². The lowest BCUT2D eigenvalue weighted by molar-refractivity contribution is -1.07. The van der Waals surface area contributed by atoms with E-state index in [0.717, 1.165) is 37.3 Å². The first kappa shape index (κ1) is 82.2. The number of piperazine rings is 6. The summed E-state index contributed by atoms with van der Waals surface area (Å²) >= 11 is 0. The molecule has 12 rings (SSSR count). The third-order valence-electron chi connectivity index (χ3n) is 23.2. The maximum atomic E-state index is 14.2. The molecule has 30 heteroatoms. The van der Waals surface area contributed by atoms with E-state index in [1.807, 2.05) is 97.9 Å². The number of sulfonamides is 2. The topological polar surface area (TPSA) is 306 Å². The Morgan fingerprint density at radius 1 is 0.523 bits per heavy atom. The summed E-state index contributed by atoms with van der Waals surface area (Å²) in [7, 11) is -9.20. The molecular weight excluding hydrogens is 1450 g/mol. The number of benzene rings is 4. The van der Waals surface area contributed by atoms with E-state index in [-0.39, 0.29) is 99.4 Å². The Morgan fingerprint density at radius 3 is 1.42 bits per heavy atom. The zero-order valence-corrected chi connectivity index (χ0v) is 66.6. The fourth-order valence-electron chi connectivity index (χ4n) is 15.9. The van der Waals surface area contributed by atoms with E-state index in [1.165, 1.54) is 142 Å². The number of hydrogen-bond acceptors (Lipinski definition) is 13. The van der Waals surface area contributed by atoms with Crippen LogP contribution in [0.25, 0.3) is 0 Å². The van der Waals surface area contributed by atoms with Gasteiger partial charge in [0, 0.05) is 112 Å². The van der Waals surface area contributed by atoms with Crippen LogP contribution in [0.4, 0.5) is 22.7 Å². The van der Waals surface area contributed by atoms with Gasteiger partial charge >= 0.3 is 0 Å². The van der Waals surface area contributed by atoms with Crippen LogP contribution in [0.15, 0.2) is 143 Å². The number of hydrogen-bond donors (Lipinski definition) is 6. The van der Waals surface area contributed by atoms with Crippen molar-refractivity contribution in [2.45, 2.75) is 99.7 Å². The van der Waals surface area contributed by atoms with Crippen molar-refractivity contribution in [3.05, 3.63) is 155 Å². The third kappa shape index (κ3) is 20.8. The minimum atomic E-state index is -4.31. The van der Waals surface area contributed by atoms with Crippen LogP contribution in [-0.4, -0.2) is 274 Å². The smallest absolute Gasteiger partial charge is 0.265 e. The molecule has 0 saturated carbocycles. The maximum absolute atomic E-state index is 14.2. The highest BCUT2D eigenvalue weighted by Crippen LogP contribution is 2.49. The normalized spacial score (nSPS) is 22.9. The highest BCUT2D eigenvalue weighted by molar-refractivity contribution is 7.89. The Labute approximate surface area is 633 Å². The number of nitrogens with one attached hydrogen (secondary N) is 4. The number of rotatable bonds is 36. The van der Waals surface area contributed by atoms with Gasteiger partial charge in [-0.1, -0.05) is 68.5 Å². The summed E-state index contributed by atoms with van der Waals surface area (Å²) in [6.45, 7) is 24.5. The molecule has 6 fully saturated rings. The molecule has 8 heterocycles. The summed E-state index contributed by atoms with van der Waals surface area (Å²) in [4.78, 5) is 53.4. The van der Waals surface area contributed by atoms with E-state index in [9.17, 15) is 62.0 Å². The Morgan fingerprint density at radius 2 is 0.953 bits per heavy atom. The van der Waals surface area contributed by atoms with Gasteiger partial charge in [-0.2, -0.15) is 21.4 Å². The van der Waals surface area contributed by atoms with Gasteiger partial charge in [0.2, 0.25) is 49.4 Å². The molecule has 582 valence electrons. The molecule has 0 atom stereocenters. The highest BCUT2D eigenvalue weighted by atomic mass is 32.2. The lowest BCUT2D eigenvalue weighted by Gasteiger charge is -2.54. The van der Waals surface area contributed by atoms with Crippen molar-refractivity contribution < 1.29 is 84.5 Å². The fourth-order valence-corrected chi connectivity index (χ4v) is 19.3. The molecule has 4 amide bonds. The van der Waals surface area contributed by atoms with E-state index in [4.69, 9.17) is 0 Å². The van der Waals surface area contributed by atoms with Crippen LogP contribution in [-0.2, 0) is 83.1 Å². The molecule has 0 aromatic heterocycles. The first-order valence-electron chi connectivity index (χ1n) is 37.3. The van der Waals surface area contributed by atoms with E-state index in [1.54, 1.807) is 54.6 Å². The molecule has 107 heavy (non-hydrogen) atoms. The van der Waals surface area contributed by atoms with Crippen molar-refractivity contribution in [2.75, 3.05) is 186 Å². The maximum Gasteiger partial charge on any atom is 0.265 e. The fraction of sp³-hybridized carbons (Fsp3) is 0.519. The largest absolute Gasteiger partial charge is 0.347 e. The molecule has 0 aliphatic carbocycles. The van der Waals surface area contributed by atoms with Crippen molar-refractivity contribution in [3.63, 3.8) is 0 Å². The predicted octanol–water partition coefficient (Wildman–Crippen LogP) is 5.95. The van der Waals surface area contributed by atoms with Gasteiger partial charge in [-0.15, -0.1) is 0 Å². The lowest BCUT2D eigenvalue weighted by Crippen LogP contribution is -2.73. The number of fused-ring (bicyclic) bond motifs is 8. The summed E-state index contributed by atoms with van der Waals surface area (Å²) < 4.78 is 133. The second-order valence-corrected chi connectivity index (χ2v) is 38.9. The molecular formula is C77H111N12O14S4+5. The number of nitrogens with zero attached hydrogens (tertiary/aromatic N) is 8. The van der Waals surface area contributed by atoms with Crippen LogP contribution in [0, 0.1) is 0 Å². The molecule has 0 unspecified atom stereocenters. The van der Waals surface area contributed by atoms with Gasteiger partial charge in [0.15, 0.2) is 5.71 Å². The predicted molar refractivity (Wildman–Crippen MR) is 416 cm³/mol. The zero-order chi connectivity index (χ0) is 77.4. The van der Waals surface area contributed by atoms with E-state index in [2.05, 4.69) is 35.4 Å². The summed E-state index contributed by atoms with van der Waals surface area (Å²) in [5.74, 6) is -2.58. The van der Waals surface area contributed by atoms with Gasteiger partial charge in [0.05, 0.1) is 67.0 Å². The lowest BCUT2D eigenvalue weighted by atomic mass is 9.81. The number of carbonyl (C=O) groups is 4. The summed E-state index contributed by atoms with van der Waals surface area (Å²) in [6, 6.07) is 25.2. The van der Waals surface area contributed by atoms with Crippen molar-refractivity contribution in [1.82, 2.24) is 19.2 Å². The van der Waals surface area contributed by atoms with Crippen LogP contribution in [0.1, 0.15) is 88.5 Å². The minimum Gasteiger partial charge on any atom is -0.347 e. The van der Waals surface area contributed by atoms with E-state index in [0.29, 0.717) is 33.9 Å². The molecule has 6 saturated heterocycles. The number of anilines is 3. The Bertz CT molecular complexity index is 4570. The number of quaternary nitrogens is 4. The molecule has 8 aliphatic rings. The zero-order valence-electron chi connectivity index (χ0n) is 63.3. The highest BCUT2D eigenvalue weighted by Gasteiger charge is 2.49. The Balaban J connectivity index is 0.709. The average molecular weight is 1560 g/mol. The molecule has 4 aromatic carbocycles. The van der Waals surface area contributed by atoms with Crippen molar-refractivity contribution in [3.8, 4) is 0 Å². The number of likely N-dealkylation sites (N-methyl/N-ethyl adjacent to an activating group) is 2. The van der Waals surface area contributed by atoms with Crippen LogP contribution >= 0.6 is 0 Å². The summed E-state index contributed by atoms with van der Waals surface area (Å²) in [6.07, 6.45) is 14.9.